The van der Waals surface area contributed by atoms with E-state index in [9.17, 15) is 0 Å². The number of rotatable bonds is 4. The third-order valence-electron chi connectivity index (χ3n) is 3.91. The van der Waals surface area contributed by atoms with Crippen molar-refractivity contribution in [3.05, 3.63) is 28.2 Å². The summed E-state index contributed by atoms with van der Waals surface area (Å²) in [6, 6.07) is 8.24. The second-order valence-electron chi connectivity index (χ2n) is 5.19. The van der Waals surface area contributed by atoms with Crippen LogP contribution < -0.4 is 11.1 Å². The maximum absolute atomic E-state index is 8.92. The molecule has 1 unspecified atom stereocenters. The molecule has 1 atom stereocenters. The number of hydrogen-bond acceptors (Lipinski definition) is 3. The normalized spacial score (nSPS) is 17.7. The molecule has 0 amide bonds. The van der Waals surface area contributed by atoms with Gasteiger partial charge in [-0.1, -0.05) is 19.3 Å². The Kier molecular flexibility index (Phi) is 5.24. The van der Waals surface area contributed by atoms with E-state index in [1.165, 1.54) is 32.1 Å². The zero-order valence-electron chi connectivity index (χ0n) is 11.0. The number of hydrogen-bond donors (Lipinski definition) is 2. The van der Waals surface area contributed by atoms with E-state index in [0.717, 1.165) is 10.2 Å². The minimum Gasteiger partial charge on any atom is -0.381 e. The molecule has 0 aliphatic heterocycles. The Balaban J connectivity index is 2.05. The lowest BCUT2D eigenvalue weighted by Gasteiger charge is -2.30. The molecule has 0 bridgehead atoms. The Morgan fingerprint density at radius 2 is 2.11 bits per heavy atom. The van der Waals surface area contributed by atoms with Gasteiger partial charge in [-0.2, -0.15) is 5.26 Å². The van der Waals surface area contributed by atoms with Gasteiger partial charge < -0.3 is 11.1 Å². The van der Waals surface area contributed by atoms with Crippen LogP contribution in [0.15, 0.2) is 22.7 Å². The van der Waals surface area contributed by atoms with E-state index < -0.39 is 0 Å². The van der Waals surface area contributed by atoms with Crippen molar-refractivity contribution < 1.29 is 0 Å². The highest BCUT2D eigenvalue weighted by Crippen LogP contribution is 2.29. The van der Waals surface area contributed by atoms with E-state index >= 15 is 0 Å². The van der Waals surface area contributed by atoms with Gasteiger partial charge >= 0.3 is 0 Å². The molecular formula is C15H20BrN3. The van der Waals surface area contributed by atoms with Crippen LogP contribution in [0, 0.1) is 17.2 Å². The Morgan fingerprint density at radius 3 is 2.68 bits per heavy atom. The first-order chi connectivity index (χ1) is 9.24. The predicted molar refractivity (Wildman–Crippen MR) is 81.9 cm³/mol. The molecule has 1 aromatic rings. The second kappa shape index (κ2) is 6.93. The molecule has 3 N–H and O–H groups in total. The van der Waals surface area contributed by atoms with Crippen molar-refractivity contribution in [3.63, 3.8) is 0 Å². The van der Waals surface area contributed by atoms with Crippen LogP contribution in [0.3, 0.4) is 0 Å². The molecule has 1 aromatic carbocycles. The largest absolute Gasteiger partial charge is 0.381 e. The summed E-state index contributed by atoms with van der Waals surface area (Å²) >= 11 is 3.42. The molecule has 0 spiro atoms. The first-order valence-corrected chi connectivity index (χ1v) is 7.70. The third kappa shape index (κ3) is 3.71. The minimum absolute atomic E-state index is 0.333. The first kappa shape index (κ1) is 14.4. The number of nitrogens with two attached hydrogens (primary N) is 1. The fourth-order valence-electron chi connectivity index (χ4n) is 2.82. The van der Waals surface area contributed by atoms with Crippen LogP contribution in [0.25, 0.3) is 0 Å². The van der Waals surface area contributed by atoms with Gasteiger partial charge in [-0.15, -0.1) is 0 Å². The molecule has 3 nitrogen and oxygen atoms in total. The van der Waals surface area contributed by atoms with E-state index in [-0.39, 0.29) is 0 Å². The number of anilines is 1. The lowest BCUT2D eigenvalue weighted by molar-refractivity contribution is 0.320. The fourth-order valence-corrected chi connectivity index (χ4v) is 3.28. The molecule has 1 saturated carbocycles. The molecule has 0 radical (unpaired) electrons. The average Bonchev–Trinajstić information content (AvgIpc) is 2.46. The maximum atomic E-state index is 8.92. The Hall–Kier alpha value is -1.05. The summed E-state index contributed by atoms with van der Waals surface area (Å²) in [6.45, 7) is 0.655. The molecule has 19 heavy (non-hydrogen) atoms. The predicted octanol–water partition coefficient (Wildman–Crippen LogP) is 3.64. The van der Waals surface area contributed by atoms with Gasteiger partial charge in [0, 0.05) is 22.7 Å². The first-order valence-electron chi connectivity index (χ1n) is 6.91. The van der Waals surface area contributed by atoms with Gasteiger partial charge in [-0.3, -0.25) is 0 Å². The molecule has 4 heteroatoms. The molecule has 1 fully saturated rings. The second-order valence-corrected chi connectivity index (χ2v) is 6.05. The highest BCUT2D eigenvalue weighted by molar-refractivity contribution is 9.10. The smallest absolute Gasteiger partial charge is 0.100 e. The van der Waals surface area contributed by atoms with Gasteiger partial charge in [0.1, 0.15) is 6.07 Å². The SMILES string of the molecule is N#Cc1ccc(NC(CN)C2CCCCC2)cc1Br. The summed E-state index contributed by atoms with van der Waals surface area (Å²) in [6.07, 6.45) is 6.54. The molecule has 102 valence electrons. The summed E-state index contributed by atoms with van der Waals surface area (Å²) in [5, 5.41) is 12.4. The number of nitrogens with one attached hydrogen (secondary N) is 1. The molecule has 1 aliphatic rings. The summed E-state index contributed by atoms with van der Waals surface area (Å²) in [5.41, 5.74) is 7.61. The van der Waals surface area contributed by atoms with Crippen LogP contribution in [0.4, 0.5) is 5.69 Å². The number of nitriles is 1. The van der Waals surface area contributed by atoms with E-state index in [1.807, 2.05) is 18.2 Å². The number of halogens is 1. The summed E-state index contributed by atoms with van der Waals surface area (Å²) in [7, 11) is 0. The van der Waals surface area contributed by atoms with Crippen LogP contribution in [0.2, 0.25) is 0 Å². The standard InChI is InChI=1S/C15H20BrN3/c16-14-8-13(7-6-12(14)9-17)19-15(10-18)11-4-2-1-3-5-11/h6-8,11,15,19H,1-5,10,18H2. The average molecular weight is 322 g/mol. The quantitative estimate of drug-likeness (QED) is 0.889. The van der Waals surface area contributed by atoms with Gasteiger partial charge in [-0.05, 0) is 52.9 Å². The maximum Gasteiger partial charge on any atom is 0.100 e. The fraction of sp³-hybridized carbons (Fsp3) is 0.533. The van der Waals surface area contributed by atoms with Crippen molar-refractivity contribution in [2.75, 3.05) is 11.9 Å². The van der Waals surface area contributed by atoms with Crippen molar-refractivity contribution in [3.8, 4) is 6.07 Å². The Labute approximate surface area is 123 Å². The van der Waals surface area contributed by atoms with Crippen LogP contribution in [0.1, 0.15) is 37.7 Å². The summed E-state index contributed by atoms with van der Waals surface area (Å²) < 4.78 is 0.833. The molecule has 1 aliphatic carbocycles. The molecule has 0 heterocycles. The van der Waals surface area contributed by atoms with E-state index in [1.54, 1.807) is 0 Å². The minimum atomic E-state index is 0.333. The van der Waals surface area contributed by atoms with E-state index in [2.05, 4.69) is 27.3 Å². The van der Waals surface area contributed by atoms with Crippen molar-refractivity contribution in [2.45, 2.75) is 38.1 Å². The highest BCUT2D eigenvalue weighted by atomic mass is 79.9. The van der Waals surface area contributed by atoms with E-state index in [4.69, 9.17) is 11.0 Å². The van der Waals surface area contributed by atoms with Crippen molar-refractivity contribution in [1.29, 1.82) is 5.26 Å². The molecular weight excluding hydrogens is 302 g/mol. The number of nitrogens with zero attached hydrogens (tertiary/aromatic N) is 1. The molecule has 0 aromatic heterocycles. The van der Waals surface area contributed by atoms with Crippen LogP contribution >= 0.6 is 15.9 Å². The van der Waals surface area contributed by atoms with Gasteiger partial charge in [0.15, 0.2) is 0 Å². The zero-order chi connectivity index (χ0) is 13.7. The van der Waals surface area contributed by atoms with Gasteiger partial charge in [-0.25, -0.2) is 0 Å². The topological polar surface area (TPSA) is 61.8 Å². The monoisotopic (exact) mass is 321 g/mol. The van der Waals surface area contributed by atoms with Gasteiger partial charge in [0.25, 0.3) is 0 Å². The lowest BCUT2D eigenvalue weighted by Crippen LogP contribution is -2.37. The molecule has 2 rings (SSSR count). The van der Waals surface area contributed by atoms with E-state index in [0.29, 0.717) is 24.1 Å². The zero-order valence-corrected chi connectivity index (χ0v) is 12.6. The van der Waals surface area contributed by atoms with Gasteiger partial charge in [0.05, 0.1) is 5.56 Å². The van der Waals surface area contributed by atoms with Crippen molar-refractivity contribution in [2.24, 2.45) is 11.7 Å². The van der Waals surface area contributed by atoms with Crippen molar-refractivity contribution in [1.82, 2.24) is 0 Å². The summed E-state index contributed by atoms with van der Waals surface area (Å²) in [4.78, 5) is 0. The van der Waals surface area contributed by atoms with Crippen LogP contribution in [-0.4, -0.2) is 12.6 Å². The van der Waals surface area contributed by atoms with Gasteiger partial charge in [0.2, 0.25) is 0 Å². The Bertz CT molecular complexity index is 461. The lowest BCUT2D eigenvalue weighted by atomic mass is 9.84. The van der Waals surface area contributed by atoms with Crippen molar-refractivity contribution >= 4 is 21.6 Å². The highest BCUT2D eigenvalue weighted by Gasteiger charge is 2.22. The van der Waals surface area contributed by atoms with Crippen LogP contribution in [0.5, 0.6) is 0 Å². The summed E-state index contributed by atoms with van der Waals surface area (Å²) in [5.74, 6) is 0.674. The Morgan fingerprint density at radius 1 is 1.37 bits per heavy atom. The molecule has 0 saturated heterocycles. The third-order valence-corrected chi connectivity index (χ3v) is 4.57. The van der Waals surface area contributed by atoms with Crippen LogP contribution in [-0.2, 0) is 0 Å². The number of benzene rings is 1.